The summed E-state index contributed by atoms with van der Waals surface area (Å²) in [5, 5.41) is 18.6. The van der Waals surface area contributed by atoms with E-state index in [0.29, 0.717) is 6.08 Å². The molecular formula is C7H6FNO4. The summed E-state index contributed by atoms with van der Waals surface area (Å²) in [6.45, 7) is 0. The zero-order valence-electron chi connectivity index (χ0n) is 6.44. The smallest absolute Gasteiger partial charge is 0.313 e. The fourth-order valence-electron chi connectivity index (χ4n) is 0.998. The molecule has 0 aliphatic heterocycles. The minimum atomic E-state index is -1.31. The Bertz CT molecular complexity index is 320. The largest absolute Gasteiger partial charge is 0.481 e. The number of carboxylic acids is 1. The van der Waals surface area contributed by atoms with Crippen molar-refractivity contribution in [1.82, 2.24) is 0 Å². The van der Waals surface area contributed by atoms with Crippen molar-refractivity contribution < 1.29 is 19.2 Å². The van der Waals surface area contributed by atoms with Crippen LogP contribution in [0.2, 0.25) is 0 Å². The highest BCUT2D eigenvalue weighted by atomic mass is 19.1. The van der Waals surface area contributed by atoms with Crippen molar-refractivity contribution in [3.8, 4) is 0 Å². The number of carbonyl (C=O) groups is 1. The van der Waals surface area contributed by atoms with Gasteiger partial charge in [-0.25, -0.2) is 4.39 Å². The Morgan fingerprint density at radius 1 is 1.77 bits per heavy atom. The summed E-state index contributed by atoms with van der Waals surface area (Å²) in [4.78, 5) is 19.8. The first-order valence-electron chi connectivity index (χ1n) is 3.47. The lowest BCUT2D eigenvalue weighted by Gasteiger charge is -2.10. The molecule has 0 amide bonds. The Morgan fingerprint density at radius 2 is 2.38 bits per heavy atom. The van der Waals surface area contributed by atoms with Crippen molar-refractivity contribution in [2.45, 2.75) is 6.42 Å². The van der Waals surface area contributed by atoms with Crippen molar-refractivity contribution in [3.63, 3.8) is 0 Å². The third kappa shape index (κ3) is 1.90. The monoisotopic (exact) mass is 187 g/mol. The molecule has 1 unspecified atom stereocenters. The van der Waals surface area contributed by atoms with E-state index in [4.69, 9.17) is 5.11 Å². The number of hydrogen-bond donors (Lipinski definition) is 1. The third-order valence-corrected chi connectivity index (χ3v) is 1.69. The first-order chi connectivity index (χ1) is 6.02. The van der Waals surface area contributed by atoms with Crippen molar-refractivity contribution in [3.05, 3.63) is 33.8 Å². The summed E-state index contributed by atoms with van der Waals surface area (Å²) in [6.07, 6.45) is 1.57. The van der Waals surface area contributed by atoms with Crippen LogP contribution in [0, 0.1) is 16.0 Å². The second kappa shape index (κ2) is 3.34. The van der Waals surface area contributed by atoms with E-state index in [9.17, 15) is 19.3 Å². The summed E-state index contributed by atoms with van der Waals surface area (Å²) < 4.78 is 12.8. The number of halogens is 1. The molecule has 0 saturated heterocycles. The zero-order chi connectivity index (χ0) is 10.0. The highest BCUT2D eigenvalue weighted by molar-refractivity contribution is 5.73. The Hall–Kier alpha value is -1.72. The summed E-state index contributed by atoms with van der Waals surface area (Å²) in [7, 11) is 0. The van der Waals surface area contributed by atoms with Gasteiger partial charge in [-0.05, 0) is 12.5 Å². The van der Waals surface area contributed by atoms with Gasteiger partial charge in [0.15, 0.2) is 0 Å². The van der Waals surface area contributed by atoms with Gasteiger partial charge in [-0.1, -0.05) is 0 Å². The summed E-state index contributed by atoms with van der Waals surface area (Å²) in [5.41, 5.74) is -0.394. The maximum atomic E-state index is 12.8. The van der Waals surface area contributed by atoms with Crippen LogP contribution in [0.4, 0.5) is 4.39 Å². The molecule has 0 aromatic heterocycles. The predicted molar refractivity (Wildman–Crippen MR) is 40.0 cm³/mol. The molecule has 0 bridgehead atoms. The minimum absolute atomic E-state index is 0.173. The predicted octanol–water partition coefficient (Wildman–Crippen LogP) is 1.10. The molecule has 1 rings (SSSR count). The topological polar surface area (TPSA) is 80.4 Å². The van der Waals surface area contributed by atoms with Crippen LogP contribution in [-0.4, -0.2) is 16.0 Å². The standard InChI is InChI=1S/C7H6FNO4/c8-6-3-4(9(12)13)1-2-5(6)7(10)11/h1,3,5H,2H2,(H,10,11). The van der Waals surface area contributed by atoms with Crippen molar-refractivity contribution >= 4 is 5.97 Å². The number of rotatable bonds is 2. The van der Waals surface area contributed by atoms with Gasteiger partial charge in [0.1, 0.15) is 11.7 Å². The van der Waals surface area contributed by atoms with E-state index in [1.165, 1.54) is 0 Å². The zero-order valence-corrected chi connectivity index (χ0v) is 6.44. The summed E-state index contributed by atoms with van der Waals surface area (Å²) >= 11 is 0. The molecule has 0 aromatic carbocycles. The lowest BCUT2D eigenvalue weighted by molar-refractivity contribution is -0.419. The van der Waals surface area contributed by atoms with E-state index in [2.05, 4.69) is 0 Å². The molecule has 0 heterocycles. The maximum Gasteiger partial charge on any atom is 0.313 e. The van der Waals surface area contributed by atoms with Crippen molar-refractivity contribution in [2.75, 3.05) is 0 Å². The molecule has 1 aliphatic carbocycles. The molecule has 13 heavy (non-hydrogen) atoms. The quantitative estimate of drug-likeness (QED) is 0.518. The van der Waals surface area contributed by atoms with Crippen LogP contribution in [0.1, 0.15) is 6.42 Å². The maximum absolute atomic E-state index is 12.8. The summed E-state index contributed by atoms with van der Waals surface area (Å²) in [6, 6.07) is 0. The molecule has 0 aromatic rings. The van der Waals surface area contributed by atoms with Gasteiger partial charge in [0.25, 0.3) is 5.70 Å². The van der Waals surface area contributed by atoms with Crippen LogP contribution in [0.25, 0.3) is 0 Å². The molecule has 70 valence electrons. The lowest BCUT2D eigenvalue weighted by atomic mass is 9.98. The van der Waals surface area contributed by atoms with Gasteiger partial charge in [0.05, 0.1) is 4.92 Å². The van der Waals surface area contributed by atoms with Gasteiger partial charge >= 0.3 is 5.97 Å². The van der Waals surface area contributed by atoms with E-state index in [1.54, 1.807) is 0 Å². The highest BCUT2D eigenvalue weighted by Crippen LogP contribution is 2.25. The Kier molecular flexibility index (Phi) is 2.41. The first kappa shape index (κ1) is 9.37. The molecule has 1 N–H and O–H groups in total. The molecule has 0 fully saturated rings. The Balaban J connectivity index is 2.86. The molecule has 0 saturated carbocycles. The normalized spacial score (nSPS) is 21.8. The molecule has 5 nitrogen and oxygen atoms in total. The highest BCUT2D eigenvalue weighted by Gasteiger charge is 2.28. The van der Waals surface area contributed by atoms with E-state index >= 15 is 0 Å². The number of nitro groups is 1. The van der Waals surface area contributed by atoms with E-state index in [-0.39, 0.29) is 6.42 Å². The van der Waals surface area contributed by atoms with Crippen LogP contribution in [-0.2, 0) is 4.79 Å². The number of aliphatic carboxylic acids is 1. The Labute approximate surface area is 72.3 Å². The van der Waals surface area contributed by atoms with E-state index in [1.807, 2.05) is 0 Å². The first-order valence-corrected chi connectivity index (χ1v) is 3.47. The second-order valence-corrected chi connectivity index (χ2v) is 2.54. The molecular weight excluding hydrogens is 181 g/mol. The number of hydrogen-bond acceptors (Lipinski definition) is 3. The van der Waals surface area contributed by atoms with Crippen LogP contribution < -0.4 is 0 Å². The summed E-state index contributed by atoms with van der Waals surface area (Å²) in [5.74, 6) is -3.56. The fraction of sp³-hybridized carbons (Fsp3) is 0.286. The van der Waals surface area contributed by atoms with Crippen LogP contribution in [0.3, 0.4) is 0 Å². The minimum Gasteiger partial charge on any atom is -0.481 e. The second-order valence-electron chi connectivity index (χ2n) is 2.54. The van der Waals surface area contributed by atoms with Crippen LogP contribution in [0.15, 0.2) is 23.7 Å². The molecule has 1 aliphatic rings. The third-order valence-electron chi connectivity index (χ3n) is 1.69. The number of carboxylic acid groups (broad SMARTS) is 1. The number of nitrogens with zero attached hydrogens (tertiary/aromatic N) is 1. The Morgan fingerprint density at radius 3 is 2.77 bits per heavy atom. The van der Waals surface area contributed by atoms with Crippen LogP contribution >= 0.6 is 0 Å². The van der Waals surface area contributed by atoms with Gasteiger partial charge < -0.3 is 5.11 Å². The van der Waals surface area contributed by atoms with Crippen LogP contribution in [0.5, 0.6) is 0 Å². The van der Waals surface area contributed by atoms with Gasteiger partial charge in [0, 0.05) is 6.08 Å². The van der Waals surface area contributed by atoms with Gasteiger partial charge in [-0.3, -0.25) is 14.9 Å². The molecule has 6 heteroatoms. The average Bonchev–Trinajstić information content (AvgIpc) is 2.03. The fourth-order valence-corrected chi connectivity index (χ4v) is 0.998. The van der Waals surface area contributed by atoms with Gasteiger partial charge in [0.2, 0.25) is 0 Å². The van der Waals surface area contributed by atoms with E-state index < -0.39 is 28.3 Å². The lowest BCUT2D eigenvalue weighted by Crippen LogP contribution is -2.17. The van der Waals surface area contributed by atoms with Crippen molar-refractivity contribution in [1.29, 1.82) is 0 Å². The van der Waals surface area contributed by atoms with Crippen molar-refractivity contribution in [2.24, 2.45) is 5.92 Å². The molecule has 1 atom stereocenters. The van der Waals surface area contributed by atoms with E-state index in [0.717, 1.165) is 6.08 Å². The number of allylic oxidation sites excluding steroid dienone is 2. The molecule has 0 radical (unpaired) electrons. The molecule has 0 spiro atoms. The van der Waals surface area contributed by atoms with Gasteiger partial charge in [-0.2, -0.15) is 0 Å². The SMILES string of the molecule is O=C(O)C1CC=C([N+](=O)[O-])C=C1F. The average molecular weight is 187 g/mol. The van der Waals surface area contributed by atoms with Gasteiger partial charge in [-0.15, -0.1) is 0 Å².